The van der Waals surface area contributed by atoms with Gasteiger partial charge in [-0.3, -0.25) is 0 Å². The lowest BCUT2D eigenvalue weighted by Crippen LogP contribution is -2.24. The first-order valence-electron chi connectivity index (χ1n) is 6.43. The van der Waals surface area contributed by atoms with Gasteiger partial charge < -0.3 is 10.2 Å². The van der Waals surface area contributed by atoms with Crippen molar-refractivity contribution in [1.82, 2.24) is 5.32 Å². The molecule has 0 atom stereocenters. The van der Waals surface area contributed by atoms with Crippen LogP contribution in [0.3, 0.4) is 0 Å². The molecule has 0 saturated carbocycles. The zero-order chi connectivity index (χ0) is 12.5. The Balaban J connectivity index is 2.35. The summed E-state index contributed by atoms with van der Waals surface area (Å²) in [7, 11) is 1.98. The van der Waals surface area contributed by atoms with E-state index in [1.807, 2.05) is 19.2 Å². The molecule has 0 aromatic heterocycles. The summed E-state index contributed by atoms with van der Waals surface area (Å²) in [6.45, 7) is 5.24. The van der Waals surface area contributed by atoms with Crippen LogP contribution in [0.4, 0.5) is 10.1 Å². The molecular formula is C14H23FN2. The zero-order valence-electron chi connectivity index (χ0n) is 10.9. The fourth-order valence-electron chi connectivity index (χ4n) is 1.90. The van der Waals surface area contributed by atoms with Gasteiger partial charge in [-0.15, -0.1) is 0 Å². The summed E-state index contributed by atoms with van der Waals surface area (Å²) in [5.74, 6) is -0.168. The van der Waals surface area contributed by atoms with E-state index in [4.69, 9.17) is 0 Å². The van der Waals surface area contributed by atoms with Crippen LogP contribution in [0, 0.1) is 5.82 Å². The first-order valence-corrected chi connectivity index (χ1v) is 6.43. The molecule has 0 spiro atoms. The Morgan fingerprint density at radius 1 is 1.12 bits per heavy atom. The highest BCUT2D eigenvalue weighted by atomic mass is 19.1. The van der Waals surface area contributed by atoms with E-state index in [-0.39, 0.29) is 5.82 Å². The highest BCUT2D eigenvalue weighted by molar-refractivity contribution is 5.45. The summed E-state index contributed by atoms with van der Waals surface area (Å²) in [6, 6.07) is 6.76. The molecule has 0 fully saturated rings. The summed E-state index contributed by atoms with van der Waals surface area (Å²) in [5.41, 5.74) is 1.11. The number of hydrogen-bond acceptors (Lipinski definition) is 2. The van der Waals surface area contributed by atoms with Crippen LogP contribution >= 0.6 is 0 Å². The second-order valence-electron chi connectivity index (χ2n) is 4.22. The van der Waals surface area contributed by atoms with Gasteiger partial charge in [-0.2, -0.15) is 0 Å². The quantitative estimate of drug-likeness (QED) is 0.700. The molecule has 0 aliphatic carbocycles. The second-order valence-corrected chi connectivity index (χ2v) is 4.22. The maximum Gasteiger partial charge on any atom is 0.123 e. The van der Waals surface area contributed by atoms with E-state index in [0.717, 1.165) is 25.3 Å². The van der Waals surface area contributed by atoms with Crippen LogP contribution in [0.2, 0.25) is 0 Å². The third-order valence-electron chi connectivity index (χ3n) is 2.93. The van der Waals surface area contributed by atoms with Gasteiger partial charge in [0, 0.05) is 18.8 Å². The fourth-order valence-corrected chi connectivity index (χ4v) is 1.90. The third kappa shape index (κ3) is 5.18. The Hall–Kier alpha value is -1.09. The Labute approximate surface area is 104 Å². The molecule has 0 bridgehead atoms. The molecule has 0 aliphatic rings. The number of hydrogen-bond donors (Lipinski definition) is 1. The van der Waals surface area contributed by atoms with Crippen molar-refractivity contribution in [3.63, 3.8) is 0 Å². The van der Waals surface area contributed by atoms with Crippen LogP contribution in [0.15, 0.2) is 24.3 Å². The van der Waals surface area contributed by atoms with Crippen molar-refractivity contribution in [1.29, 1.82) is 0 Å². The van der Waals surface area contributed by atoms with E-state index in [0.29, 0.717) is 0 Å². The van der Waals surface area contributed by atoms with Gasteiger partial charge in [-0.25, -0.2) is 4.39 Å². The number of unbranched alkanes of at least 4 members (excludes halogenated alkanes) is 2. The molecule has 1 N–H and O–H groups in total. The molecule has 0 radical (unpaired) electrons. The molecular weight excluding hydrogens is 215 g/mol. The monoisotopic (exact) mass is 238 g/mol. The second kappa shape index (κ2) is 8.07. The smallest absolute Gasteiger partial charge is 0.123 e. The summed E-state index contributed by atoms with van der Waals surface area (Å²) in [6.07, 6.45) is 3.64. The van der Waals surface area contributed by atoms with Gasteiger partial charge in [0.15, 0.2) is 0 Å². The predicted octanol–water partition coefficient (Wildman–Crippen LogP) is 3.04. The maximum absolute atomic E-state index is 12.8. The molecule has 0 aliphatic heterocycles. The molecule has 0 heterocycles. The van der Waals surface area contributed by atoms with E-state index in [1.165, 1.54) is 31.4 Å². The Morgan fingerprint density at radius 2 is 1.82 bits per heavy atom. The van der Waals surface area contributed by atoms with Crippen molar-refractivity contribution in [2.24, 2.45) is 0 Å². The minimum absolute atomic E-state index is 0.168. The molecule has 96 valence electrons. The lowest BCUT2D eigenvalue weighted by molar-refractivity contribution is 0.623. The standard InChI is InChI=1S/C14H23FN2/c1-3-17(12-6-4-5-11-16-2)14-9-7-13(15)8-10-14/h7-10,16H,3-6,11-12H2,1-2H3. The minimum Gasteiger partial charge on any atom is -0.372 e. The van der Waals surface area contributed by atoms with Gasteiger partial charge in [0.05, 0.1) is 0 Å². The molecule has 1 aromatic rings. The first kappa shape index (κ1) is 14.0. The number of nitrogens with zero attached hydrogens (tertiary/aromatic N) is 1. The van der Waals surface area contributed by atoms with Gasteiger partial charge in [0.1, 0.15) is 5.82 Å². The highest BCUT2D eigenvalue weighted by Gasteiger charge is 2.03. The van der Waals surface area contributed by atoms with Gasteiger partial charge in [0.25, 0.3) is 0 Å². The lowest BCUT2D eigenvalue weighted by Gasteiger charge is -2.23. The van der Waals surface area contributed by atoms with Crippen molar-refractivity contribution < 1.29 is 4.39 Å². The van der Waals surface area contributed by atoms with Gasteiger partial charge in [0.2, 0.25) is 0 Å². The van der Waals surface area contributed by atoms with E-state index >= 15 is 0 Å². The van der Waals surface area contributed by atoms with E-state index in [9.17, 15) is 4.39 Å². The number of rotatable bonds is 8. The Kier molecular flexibility index (Phi) is 6.63. The fraction of sp³-hybridized carbons (Fsp3) is 0.571. The van der Waals surface area contributed by atoms with E-state index < -0.39 is 0 Å². The molecule has 1 rings (SSSR count). The van der Waals surface area contributed by atoms with Crippen molar-refractivity contribution in [2.75, 3.05) is 31.6 Å². The number of halogens is 1. The lowest BCUT2D eigenvalue weighted by atomic mass is 10.2. The molecule has 0 unspecified atom stereocenters. The number of anilines is 1. The van der Waals surface area contributed by atoms with Gasteiger partial charge >= 0.3 is 0 Å². The van der Waals surface area contributed by atoms with Crippen LogP contribution in [0.25, 0.3) is 0 Å². The van der Waals surface area contributed by atoms with Crippen molar-refractivity contribution in [2.45, 2.75) is 26.2 Å². The van der Waals surface area contributed by atoms with Crippen molar-refractivity contribution in [3.05, 3.63) is 30.1 Å². The minimum atomic E-state index is -0.168. The molecule has 1 aromatic carbocycles. The van der Waals surface area contributed by atoms with Crippen LogP contribution in [-0.4, -0.2) is 26.7 Å². The summed E-state index contributed by atoms with van der Waals surface area (Å²) >= 11 is 0. The predicted molar refractivity (Wildman–Crippen MR) is 72.1 cm³/mol. The van der Waals surface area contributed by atoms with Crippen molar-refractivity contribution in [3.8, 4) is 0 Å². The van der Waals surface area contributed by atoms with E-state index in [1.54, 1.807) is 0 Å². The highest BCUT2D eigenvalue weighted by Crippen LogP contribution is 2.15. The van der Waals surface area contributed by atoms with Crippen molar-refractivity contribution >= 4 is 5.69 Å². The van der Waals surface area contributed by atoms with Crippen LogP contribution < -0.4 is 10.2 Å². The molecule has 0 amide bonds. The summed E-state index contributed by atoms with van der Waals surface area (Å²) in [4.78, 5) is 2.29. The Bertz CT molecular complexity index is 298. The zero-order valence-corrected chi connectivity index (χ0v) is 10.9. The largest absolute Gasteiger partial charge is 0.372 e. The van der Waals surface area contributed by atoms with E-state index in [2.05, 4.69) is 17.1 Å². The van der Waals surface area contributed by atoms with Crippen LogP contribution in [0.5, 0.6) is 0 Å². The normalized spacial score (nSPS) is 10.5. The average molecular weight is 238 g/mol. The summed E-state index contributed by atoms with van der Waals surface area (Å²) in [5, 5.41) is 3.15. The third-order valence-corrected chi connectivity index (χ3v) is 2.93. The van der Waals surface area contributed by atoms with Crippen LogP contribution in [0.1, 0.15) is 26.2 Å². The van der Waals surface area contributed by atoms with Gasteiger partial charge in [-0.1, -0.05) is 6.42 Å². The SMILES string of the molecule is CCN(CCCCCNC)c1ccc(F)cc1. The molecule has 2 nitrogen and oxygen atoms in total. The number of nitrogens with one attached hydrogen (secondary N) is 1. The topological polar surface area (TPSA) is 15.3 Å². The molecule has 3 heteroatoms. The first-order chi connectivity index (χ1) is 8.27. The number of benzene rings is 1. The van der Waals surface area contributed by atoms with Crippen LogP contribution in [-0.2, 0) is 0 Å². The summed E-state index contributed by atoms with van der Waals surface area (Å²) < 4.78 is 12.8. The molecule has 17 heavy (non-hydrogen) atoms. The average Bonchev–Trinajstić information content (AvgIpc) is 2.35. The maximum atomic E-state index is 12.8. The van der Waals surface area contributed by atoms with Gasteiger partial charge in [-0.05, 0) is 57.6 Å². The molecule has 0 saturated heterocycles. The Morgan fingerprint density at radius 3 is 2.41 bits per heavy atom.